The van der Waals surface area contributed by atoms with Crippen molar-refractivity contribution in [3.63, 3.8) is 0 Å². The van der Waals surface area contributed by atoms with Crippen molar-refractivity contribution < 1.29 is 0 Å². The highest BCUT2D eigenvalue weighted by molar-refractivity contribution is 6.63. The van der Waals surface area contributed by atoms with Gasteiger partial charge in [-0.25, -0.2) is 18.3 Å². The van der Waals surface area contributed by atoms with Crippen molar-refractivity contribution in [2.24, 2.45) is 11.8 Å². The van der Waals surface area contributed by atoms with Gasteiger partial charge in [0.2, 0.25) is 0 Å². The molecule has 111 heavy (non-hydrogen) atoms. The first-order chi connectivity index (χ1) is 52.9. The number of fused-ring (bicyclic) bond motifs is 6. The lowest BCUT2D eigenvalue weighted by molar-refractivity contribution is 0.734. The molecule has 0 amide bonds. The molecule has 12 nitrogen and oxygen atoms in total. The highest BCUT2D eigenvalue weighted by Crippen LogP contribution is 2.61. The van der Waals surface area contributed by atoms with Gasteiger partial charge in [-0.15, -0.1) is 0 Å². The molecule has 0 saturated heterocycles. The average Bonchev–Trinajstić information content (AvgIpc) is 0.635. The van der Waals surface area contributed by atoms with E-state index in [-0.39, 0.29) is 106 Å². The number of nitrogens with zero attached hydrogens (tertiary/aromatic N) is 4. The maximum Gasteiger partial charge on any atom is 0.266 e. The summed E-state index contributed by atoms with van der Waals surface area (Å²) in [6, 6.07) is 32.0. The number of halogens is 2. The fourth-order valence-corrected chi connectivity index (χ4v) is 20.8. The molecule has 19 aromatic rings. The SMILES string of the molecule is C=CC=C(C(=C(C)C(C)C)n1c(=O)c2ccc3c4ccc5c(=O)n(-c6c(C(C)C)cccc6C(C)C)c(=O)c6c5c4c4c5c(cc(c1=O)c2c35)c1c2c(=O)n(-c3c(C(C)C)cccc3C(C)C)c(=O)c3cc(Cl)c5c7c(Cl)cc8c(=O)n(-c9c(C(C)C)cccc9C(C)C)c(=O)c9cc%10c6c4c1c(c%10c7c89)c5c32)C(C)C. The predicted molar refractivity (Wildman–Crippen MR) is 467 cm³/mol. The minimum atomic E-state index is -0.655. The van der Waals surface area contributed by atoms with E-state index in [0.29, 0.717) is 136 Å². The highest BCUT2D eigenvalue weighted by Gasteiger charge is 2.39. The highest BCUT2D eigenvalue weighted by atomic mass is 35.5. The standard InChI is InChI=1S/C97H80Cl2N4O8/c1-19-23-47(39(4)5)86(46(18)38(2)3)100-90(104)56-32-30-54-55-31-33-57-70-69(55)79-71-58(34-60(92(100)106)66(56)68(54)71)73-83-81-72-59(74(82(79)83)84(70)96(110)102(91(57)105)88-50(42(10)11)26-21-27-51(88)43(12)13)35-61-67-62(94(108)101(93(61)107)87-48(40(6)7)24-20-25-49(87)41(8)9)36-64(98)76(78(67)72)77-65(99)37-63-75(80(77)81)85(73)97(111)103(95(63)109)89-52(44(14)15)28-22-29-53(89)45(16)17/h19-45H,1H2,2-18H3. The molecule has 0 bridgehead atoms. The van der Waals surface area contributed by atoms with Crippen LogP contribution in [0.2, 0.25) is 10.0 Å². The summed E-state index contributed by atoms with van der Waals surface area (Å²) in [6.45, 7) is 38.6. The third kappa shape index (κ3) is 8.62. The molecule has 4 aromatic heterocycles. The van der Waals surface area contributed by atoms with Crippen LogP contribution in [0, 0.1) is 11.8 Å². The first-order valence-corrected chi connectivity index (χ1v) is 39.6. The maximum absolute atomic E-state index is 17.8. The molecule has 0 spiro atoms. The molecule has 19 rings (SSSR count). The third-order valence-electron chi connectivity index (χ3n) is 25.2. The summed E-state index contributed by atoms with van der Waals surface area (Å²) in [5.41, 5.74) is 3.16. The summed E-state index contributed by atoms with van der Waals surface area (Å²) < 4.78 is 5.31. The summed E-state index contributed by atoms with van der Waals surface area (Å²) in [6.07, 6.45) is 3.54. The zero-order valence-electron chi connectivity index (χ0n) is 65.1. The van der Waals surface area contributed by atoms with Crippen molar-refractivity contribution >= 4 is 190 Å². The molecule has 550 valence electrons. The number of hydrogen-bond donors (Lipinski definition) is 0. The Hall–Kier alpha value is -11.2. The molecule has 0 radical (unpaired) electrons. The second-order valence-electron chi connectivity index (χ2n) is 33.8. The molecule has 0 aliphatic rings. The molecule has 15 aromatic carbocycles. The number of aromatic nitrogens is 4. The van der Waals surface area contributed by atoms with Gasteiger partial charge in [0.05, 0.1) is 44.3 Å². The van der Waals surface area contributed by atoms with Crippen LogP contribution in [0.1, 0.15) is 187 Å². The van der Waals surface area contributed by atoms with Gasteiger partial charge in [-0.1, -0.05) is 219 Å². The molecule has 0 unspecified atom stereocenters. The third-order valence-corrected chi connectivity index (χ3v) is 25.8. The molecule has 0 aliphatic carbocycles. The number of pyridine rings is 4. The Bertz CT molecular complexity index is 7940. The normalized spacial score (nSPS) is 13.6. The van der Waals surface area contributed by atoms with Crippen LogP contribution in [0.15, 0.2) is 171 Å². The van der Waals surface area contributed by atoms with E-state index in [2.05, 4.69) is 6.58 Å². The van der Waals surface area contributed by atoms with E-state index in [9.17, 15) is 0 Å². The fourth-order valence-electron chi connectivity index (χ4n) is 20.2. The van der Waals surface area contributed by atoms with Gasteiger partial charge in [0.1, 0.15) is 0 Å². The Balaban J connectivity index is 1.21. The Morgan fingerprint density at radius 1 is 0.297 bits per heavy atom. The molecule has 0 fully saturated rings. The number of rotatable bonds is 14. The smallest absolute Gasteiger partial charge is 0.266 e. The van der Waals surface area contributed by atoms with Gasteiger partial charge in [0.15, 0.2) is 0 Å². The van der Waals surface area contributed by atoms with Crippen molar-refractivity contribution in [3.05, 3.63) is 259 Å². The van der Waals surface area contributed by atoms with E-state index in [1.54, 1.807) is 30.3 Å². The number of allylic oxidation sites excluding steroid dienone is 5. The van der Waals surface area contributed by atoms with E-state index in [0.717, 1.165) is 44.5 Å². The molecule has 0 saturated carbocycles. The van der Waals surface area contributed by atoms with Gasteiger partial charge in [-0.2, -0.15) is 0 Å². The second-order valence-corrected chi connectivity index (χ2v) is 34.7. The monoisotopic (exact) mass is 1500 g/mol. The van der Waals surface area contributed by atoms with Crippen molar-refractivity contribution in [1.82, 2.24) is 18.3 Å². The maximum atomic E-state index is 17.8. The lowest BCUT2D eigenvalue weighted by atomic mass is 9.73. The van der Waals surface area contributed by atoms with Gasteiger partial charge >= 0.3 is 0 Å². The summed E-state index contributed by atoms with van der Waals surface area (Å²) in [5, 5.41) is 11.3. The molecular formula is C97H80Cl2N4O8. The summed E-state index contributed by atoms with van der Waals surface area (Å²) in [4.78, 5) is 136. The molecule has 4 heterocycles. The number of benzene rings is 15. The van der Waals surface area contributed by atoms with E-state index in [4.69, 9.17) is 23.2 Å². The summed E-state index contributed by atoms with van der Waals surface area (Å²) in [5.74, 6) is -1.37. The lowest BCUT2D eigenvalue weighted by Crippen LogP contribution is -2.35. The van der Waals surface area contributed by atoms with Gasteiger partial charge in [-0.05, 0) is 184 Å². The van der Waals surface area contributed by atoms with Crippen LogP contribution in [0.25, 0.3) is 184 Å². The molecule has 0 atom stereocenters. The van der Waals surface area contributed by atoms with Crippen molar-refractivity contribution in [3.8, 4) is 17.1 Å². The van der Waals surface area contributed by atoms with Crippen molar-refractivity contribution in [1.29, 1.82) is 0 Å². The van der Waals surface area contributed by atoms with Crippen molar-refractivity contribution in [2.75, 3.05) is 0 Å². The average molecular weight is 1500 g/mol. The van der Waals surface area contributed by atoms with Gasteiger partial charge < -0.3 is 0 Å². The van der Waals surface area contributed by atoms with E-state index >= 15 is 38.4 Å². The van der Waals surface area contributed by atoms with Gasteiger partial charge in [0, 0.05) is 102 Å². The Kier molecular flexibility index (Phi) is 15.0. The topological polar surface area (TPSA) is 156 Å². The first-order valence-electron chi connectivity index (χ1n) is 38.9. The van der Waals surface area contributed by atoms with Crippen LogP contribution in [-0.2, 0) is 0 Å². The van der Waals surface area contributed by atoms with Crippen LogP contribution in [0.3, 0.4) is 0 Å². The van der Waals surface area contributed by atoms with E-state index < -0.39 is 44.5 Å². The van der Waals surface area contributed by atoms with Crippen LogP contribution in [-0.4, -0.2) is 18.3 Å². The second kappa shape index (κ2) is 23.7. The quantitative estimate of drug-likeness (QED) is 0.0592. The largest absolute Gasteiger partial charge is 0.268 e. The molecule has 14 heteroatoms. The Morgan fingerprint density at radius 2 is 0.568 bits per heavy atom. The minimum Gasteiger partial charge on any atom is -0.268 e. The van der Waals surface area contributed by atoms with Crippen LogP contribution >= 0.6 is 23.2 Å². The molecule has 0 N–H and O–H groups in total. The molecular weight excluding hydrogens is 1420 g/mol. The lowest BCUT2D eigenvalue weighted by Gasteiger charge is -2.30. The van der Waals surface area contributed by atoms with E-state index in [1.165, 1.54) is 18.3 Å². The fraction of sp³-hybridized carbons (Fsp3) is 0.258. The Morgan fingerprint density at radius 3 is 0.964 bits per heavy atom. The van der Waals surface area contributed by atoms with Crippen LogP contribution in [0.5, 0.6) is 0 Å². The predicted octanol–water partition coefficient (Wildman–Crippen LogP) is 22.7. The number of para-hydroxylation sites is 3. The van der Waals surface area contributed by atoms with Crippen LogP contribution < -0.4 is 44.5 Å². The summed E-state index contributed by atoms with van der Waals surface area (Å²) in [7, 11) is 0. The van der Waals surface area contributed by atoms with Crippen LogP contribution in [0.4, 0.5) is 0 Å². The number of hydrogen-bond acceptors (Lipinski definition) is 8. The van der Waals surface area contributed by atoms with Gasteiger partial charge in [0.25, 0.3) is 44.5 Å². The zero-order chi connectivity index (χ0) is 78.4. The van der Waals surface area contributed by atoms with Gasteiger partial charge in [-0.3, -0.25) is 38.4 Å². The summed E-state index contributed by atoms with van der Waals surface area (Å²) >= 11 is 16.2. The zero-order valence-corrected chi connectivity index (χ0v) is 66.6. The first kappa shape index (κ1) is 70.2. The molecule has 0 aliphatic heterocycles. The van der Waals surface area contributed by atoms with E-state index in [1.807, 2.05) is 203 Å². The minimum absolute atomic E-state index is 0.0962. The Labute approximate surface area is 646 Å². The van der Waals surface area contributed by atoms with Crippen molar-refractivity contribution in [2.45, 2.75) is 153 Å².